The van der Waals surface area contributed by atoms with Gasteiger partial charge in [-0.2, -0.15) is 0 Å². The molecule has 0 radical (unpaired) electrons. The molecule has 1 aliphatic heterocycles. The van der Waals surface area contributed by atoms with Crippen LogP contribution in [0, 0.1) is 11.7 Å². The molecule has 0 atom stereocenters. The standard InChI is InChI=1S/C16H18FN5O2/c17-13-3-1-11(2-4-13)9-22-10-14(19-20-22)16(24)21-7-5-12(6-8-21)15(18)23/h1-4,10,12H,5-9H2,(H2,18,23). The molecule has 126 valence electrons. The molecule has 0 saturated carbocycles. The molecule has 2 N–H and O–H groups in total. The second-order valence-electron chi connectivity index (χ2n) is 5.90. The first-order chi connectivity index (χ1) is 11.5. The first-order valence-electron chi connectivity index (χ1n) is 7.76. The van der Waals surface area contributed by atoms with Crippen molar-refractivity contribution in [3.63, 3.8) is 0 Å². The highest BCUT2D eigenvalue weighted by atomic mass is 19.1. The normalized spacial score (nSPS) is 15.5. The lowest BCUT2D eigenvalue weighted by atomic mass is 9.96. The molecule has 1 saturated heterocycles. The number of piperidine rings is 1. The lowest BCUT2D eigenvalue weighted by Gasteiger charge is -2.29. The van der Waals surface area contributed by atoms with E-state index < -0.39 is 0 Å². The minimum absolute atomic E-state index is 0.164. The van der Waals surface area contributed by atoms with Gasteiger partial charge in [-0.25, -0.2) is 9.07 Å². The van der Waals surface area contributed by atoms with E-state index in [4.69, 9.17) is 5.73 Å². The van der Waals surface area contributed by atoms with Gasteiger partial charge in [0.15, 0.2) is 5.69 Å². The van der Waals surface area contributed by atoms with Crippen LogP contribution in [0.2, 0.25) is 0 Å². The van der Waals surface area contributed by atoms with Crippen molar-refractivity contribution in [3.8, 4) is 0 Å². The van der Waals surface area contributed by atoms with Gasteiger partial charge < -0.3 is 10.6 Å². The molecular weight excluding hydrogens is 313 g/mol. The van der Waals surface area contributed by atoms with Crippen LogP contribution in [0.4, 0.5) is 4.39 Å². The van der Waals surface area contributed by atoms with Crippen molar-refractivity contribution < 1.29 is 14.0 Å². The highest BCUT2D eigenvalue weighted by Crippen LogP contribution is 2.18. The molecule has 1 aliphatic rings. The van der Waals surface area contributed by atoms with Crippen LogP contribution in [-0.4, -0.2) is 44.8 Å². The highest BCUT2D eigenvalue weighted by Gasteiger charge is 2.27. The minimum Gasteiger partial charge on any atom is -0.369 e. The van der Waals surface area contributed by atoms with Crippen molar-refractivity contribution in [2.75, 3.05) is 13.1 Å². The zero-order valence-corrected chi connectivity index (χ0v) is 13.1. The molecule has 1 fully saturated rings. The number of primary amides is 1. The molecule has 3 rings (SSSR count). The number of halogens is 1. The van der Waals surface area contributed by atoms with E-state index in [-0.39, 0.29) is 29.2 Å². The molecule has 0 unspecified atom stereocenters. The lowest BCUT2D eigenvalue weighted by molar-refractivity contribution is -0.123. The third-order valence-electron chi connectivity index (χ3n) is 4.20. The van der Waals surface area contributed by atoms with E-state index in [0.29, 0.717) is 32.5 Å². The van der Waals surface area contributed by atoms with E-state index >= 15 is 0 Å². The molecule has 0 aliphatic carbocycles. The zero-order chi connectivity index (χ0) is 17.1. The van der Waals surface area contributed by atoms with Crippen molar-refractivity contribution in [3.05, 3.63) is 47.5 Å². The lowest BCUT2D eigenvalue weighted by Crippen LogP contribution is -2.41. The van der Waals surface area contributed by atoms with Gasteiger partial charge in [-0.15, -0.1) is 5.10 Å². The average Bonchev–Trinajstić information content (AvgIpc) is 3.05. The first-order valence-corrected chi connectivity index (χ1v) is 7.76. The number of nitrogens with zero attached hydrogens (tertiary/aromatic N) is 4. The summed E-state index contributed by atoms with van der Waals surface area (Å²) in [4.78, 5) is 25.3. The van der Waals surface area contributed by atoms with Gasteiger partial charge in [-0.1, -0.05) is 17.3 Å². The molecular formula is C16H18FN5O2. The van der Waals surface area contributed by atoms with Crippen molar-refractivity contribution in [1.29, 1.82) is 0 Å². The Bertz CT molecular complexity index is 735. The highest BCUT2D eigenvalue weighted by molar-refractivity contribution is 5.92. The minimum atomic E-state index is -0.313. The number of rotatable bonds is 4. The van der Waals surface area contributed by atoms with Crippen LogP contribution in [0.15, 0.2) is 30.5 Å². The quantitative estimate of drug-likeness (QED) is 0.897. The van der Waals surface area contributed by atoms with Crippen molar-refractivity contribution in [2.45, 2.75) is 19.4 Å². The first kappa shape index (κ1) is 16.1. The SMILES string of the molecule is NC(=O)C1CCN(C(=O)c2cn(Cc3ccc(F)cc3)nn2)CC1. The molecule has 0 spiro atoms. The summed E-state index contributed by atoms with van der Waals surface area (Å²) in [5.74, 6) is -0.980. The smallest absolute Gasteiger partial charge is 0.276 e. The predicted molar refractivity (Wildman–Crippen MR) is 83.3 cm³/mol. The average molecular weight is 331 g/mol. The number of nitrogens with two attached hydrogens (primary N) is 1. The summed E-state index contributed by atoms with van der Waals surface area (Å²) in [6.07, 6.45) is 2.72. The van der Waals surface area contributed by atoms with Crippen molar-refractivity contribution >= 4 is 11.8 Å². The Balaban J connectivity index is 1.62. The Morgan fingerprint density at radius 2 is 1.88 bits per heavy atom. The summed E-state index contributed by atoms with van der Waals surface area (Å²) < 4.78 is 14.4. The maximum Gasteiger partial charge on any atom is 0.276 e. The zero-order valence-electron chi connectivity index (χ0n) is 13.1. The number of hydrogen-bond acceptors (Lipinski definition) is 4. The fourth-order valence-corrected chi connectivity index (χ4v) is 2.78. The summed E-state index contributed by atoms with van der Waals surface area (Å²) in [6.45, 7) is 1.37. The molecule has 7 nitrogen and oxygen atoms in total. The van der Waals surface area contributed by atoms with Crippen LogP contribution in [0.25, 0.3) is 0 Å². The van der Waals surface area contributed by atoms with Crippen LogP contribution in [0.1, 0.15) is 28.9 Å². The molecule has 2 amide bonds. The van der Waals surface area contributed by atoms with Gasteiger partial charge >= 0.3 is 0 Å². The fraction of sp³-hybridized carbons (Fsp3) is 0.375. The molecule has 0 bridgehead atoms. The number of amides is 2. The van der Waals surface area contributed by atoms with Crippen LogP contribution < -0.4 is 5.73 Å². The molecule has 8 heteroatoms. The fourth-order valence-electron chi connectivity index (χ4n) is 2.78. The Morgan fingerprint density at radius 1 is 1.21 bits per heavy atom. The van der Waals surface area contributed by atoms with Gasteiger partial charge in [0.25, 0.3) is 5.91 Å². The van der Waals surface area contributed by atoms with Gasteiger partial charge in [-0.05, 0) is 30.5 Å². The summed E-state index contributed by atoms with van der Waals surface area (Å²) in [5, 5.41) is 7.86. The maximum absolute atomic E-state index is 12.9. The summed E-state index contributed by atoms with van der Waals surface area (Å²) in [7, 11) is 0. The number of benzene rings is 1. The third-order valence-corrected chi connectivity index (χ3v) is 4.20. The largest absolute Gasteiger partial charge is 0.369 e. The monoisotopic (exact) mass is 331 g/mol. The van der Waals surface area contributed by atoms with E-state index in [1.54, 1.807) is 23.2 Å². The Hall–Kier alpha value is -2.77. The second kappa shape index (κ2) is 6.77. The van der Waals surface area contributed by atoms with E-state index in [1.165, 1.54) is 16.8 Å². The molecule has 2 heterocycles. The number of hydrogen-bond donors (Lipinski definition) is 1. The topological polar surface area (TPSA) is 94.1 Å². The van der Waals surface area contributed by atoms with Crippen LogP contribution >= 0.6 is 0 Å². The van der Waals surface area contributed by atoms with Crippen LogP contribution in [0.3, 0.4) is 0 Å². The molecule has 24 heavy (non-hydrogen) atoms. The van der Waals surface area contributed by atoms with Gasteiger partial charge in [0.2, 0.25) is 5.91 Å². The number of likely N-dealkylation sites (tertiary alicyclic amines) is 1. The number of carbonyl (C=O) groups is 2. The number of aromatic nitrogens is 3. The molecule has 1 aromatic carbocycles. The van der Waals surface area contributed by atoms with E-state index in [2.05, 4.69) is 10.3 Å². The van der Waals surface area contributed by atoms with Gasteiger partial charge in [0.1, 0.15) is 5.82 Å². The van der Waals surface area contributed by atoms with Gasteiger partial charge in [0.05, 0.1) is 12.7 Å². The summed E-state index contributed by atoms with van der Waals surface area (Å²) in [6, 6.07) is 6.07. The predicted octanol–water partition coefficient (Wildman–Crippen LogP) is 0.803. The van der Waals surface area contributed by atoms with E-state index in [0.717, 1.165) is 5.56 Å². The van der Waals surface area contributed by atoms with Crippen molar-refractivity contribution in [2.24, 2.45) is 11.7 Å². The summed E-state index contributed by atoms with van der Waals surface area (Å²) in [5.41, 5.74) is 6.42. The van der Waals surface area contributed by atoms with Gasteiger partial charge in [-0.3, -0.25) is 9.59 Å². The Labute approximate surface area is 138 Å². The van der Waals surface area contributed by atoms with Gasteiger partial charge in [0, 0.05) is 19.0 Å². The second-order valence-corrected chi connectivity index (χ2v) is 5.90. The maximum atomic E-state index is 12.9. The third kappa shape index (κ3) is 3.58. The molecule has 1 aromatic heterocycles. The number of carbonyl (C=O) groups excluding carboxylic acids is 2. The van der Waals surface area contributed by atoms with Crippen LogP contribution in [-0.2, 0) is 11.3 Å². The Kier molecular flexibility index (Phi) is 4.54. The van der Waals surface area contributed by atoms with Crippen molar-refractivity contribution in [1.82, 2.24) is 19.9 Å². The summed E-state index contributed by atoms with van der Waals surface area (Å²) >= 11 is 0. The van der Waals surface area contributed by atoms with Crippen LogP contribution in [0.5, 0.6) is 0 Å². The van der Waals surface area contributed by atoms with E-state index in [1.807, 2.05) is 0 Å². The Morgan fingerprint density at radius 3 is 2.50 bits per heavy atom. The molecule has 2 aromatic rings. The van der Waals surface area contributed by atoms with E-state index in [9.17, 15) is 14.0 Å².